The zero-order valence-electron chi connectivity index (χ0n) is 14.6. The van der Waals surface area contributed by atoms with Crippen molar-refractivity contribution in [2.45, 2.75) is 31.7 Å². The Kier molecular flexibility index (Phi) is 7.08. The van der Waals surface area contributed by atoms with Gasteiger partial charge < -0.3 is 19.9 Å². The van der Waals surface area contributed by atoms with Crippen LogP contribution in [0.3, 0.4) is 0 Å². The van der Waals surface area contributed by atoms with Gasteiger partial charge in [-0.05, 0) is 56.6 Å². The van der Waals surface area contributed by atoms with Gasteiger partial charge in [-0.15, -0.1) is 12.4 Å². The molecule has 1 N–H and O–H groups in total. The van der Waals surface area contributed by atoms with Crippen molar-refractivity contribution in [3.63, 3.8) is 0 Å². The molecule has 0 unspecified atom stereocenters. The molecule has 0 radical (unpaired) electrons. The zero-order chi connectivity index (χ0) is 16.9. The predicted octanol–water partition coefficient (Wildman–Crippen LogP) is 1.82. The summed E-state index contributed by atoms with van der Waals surface area (Å²) < 4.78 is 5.61. The van der Waals surface area contributed by atoms with E-state index in [0.717, 1.165) is 44.6 Å². The van der Waals surface area contributed by atoms with Gasteiger partial charge in [0.2, 0.25) is 5.91 Å². The molecule has 25 heavy (non-hydrogen) atoms. The number of hydrogen-bond acceptors (Lipinski definition) is 4. The lowest BCUT2D eigenvalue weighted by Crippen LogP contribution is -2.45. The van der Waals surface area contributed by atoms with Crippen LogP contribution in [0.25, 0.3) is 0 Å². The summed E-state index contributed by atoms with van der Waals surface area (Å²) in [6, 6.07) is 7.68. The standard InChI is InChI=1S/C18H25N3O3.ClH/c1-20(14-8-10-19-11-9-14)18(23)13-24-16-6-4-15(5-7-16)21-12-2-3-17(21)22;/h4-7,14,19H,2-3,8-13H2,1H3;1H. The topological polar surface area (TPSA) is 61.9 Å². The fraction of sp³-hybridized carbons (Fsp3) is 0.556. The monoisotopic (exact) mass is 367 g/mol. The van der Waals surface area contributed by atoms with Crippen LogP contribution in [-0.2, 0) is 9.59 Å². The molecular weight excluding hydrogens is 342 g/mol. The van der Waals surface area contributed by atoms with Crippen LogP contribution in [0.4, 0.5) is 5.69 Å². The van der Waals surface area contributed by atoms with Crippen molar-refractivity contribution in [2.75, 3.05) is 38.2 Å². The van der Waals surface area contributed by atoms with Crippen molar-refractivity contribution in [1.29, 1.82) is 0 Å². The Morgan fingerprint density at radius 1 is 1.28 bits per heavy atom. The summed E-state index contributed by atoms with van der Waals surface area (Å²) in [4.78, 5) is 27.6. The Bertz CT molecular complexity index is 588. The molecule has 6 nitrogen and oxygen atoms in total. The van der Waals surface area contributed by atoms with Crippen molar-refractivity contribution in [3.8, 4) is 5.75 Å². The van der Waals surface area contributed by atoms with E-state index in [1.165, 1.54) is 0 Å². The van der Waals surface area contributed by atoms with Gasteiger partial charge in [-0.3, -0.25) is 9.59 Å². The third-order valence-electron chi connectivity index (χ3n) is 4.83. The first-order valence-electron chi connectivity index (χ1n) is 8.65. The summed E-state index contributed by atoms with van der Waals surface area (Å²) in [5.41, 5.74) is 0.892. The lowest BCUT2D eigenvalue weighted by molar-refractivity contribution is -0.134. The molecule has 0 bridgehead atoms. The minimum Gasteiger partial charge on any atom is -0.484 e. The Balaban J connectivity index is 0.00000225. The van der Waals surface area contributed by atoms with Crippen LogP contribution in [0.2, 0.25) is 0 Å². The van der Waals surface area contributed by atoms with Gasteiger partial charge in [0.25, 0.3) is 5.91 Å². The van der Waals surface area contributed by atoms with Gasteiger partial charge in [-0.25, -0.2) is 0 Å². The lowest BCUT2D eigenvalue weighted by atomic mass is 10.1. The number of rotatable bonds is 5. The third kappa shape index (κ3) is 4.86. The van der Waals surface area contributed by atoms with E-state index in [2.05, 4.69) is 5.32 Å². The van der Waals surface area contributed by atoms with E-state index >= 15 is 0 Å². The maximum Gasteiger partial charge on any atom is 0.260 e. The summed E-state index contributed by atoms with van der Waals surface area (Å²) >= 11 is 0. The van der Waals surface area contributed by atoms with Crippen molar-refractivity contribution in [3.05, 3.63) is 24.3 Å². The third-order valence-corrected chi connectivity index (χ3v) is 4.83. The quantitative estimate of drug-likeness (QED) is 0.862. The molecular formula is C18H26ClN3O3. The van der Waals surface area contributed by atoms with E-state index in [4.69, 9.17) is 4.74 Å². The van der Waals surface area contributed by atoms with Crippen LogP contribution in [-0.4, -0.2) is 56.0 Å². The first kappa shape index (κ1) is 19.5. The number of benzene rings is 1. The van der Waals surface area contributed by atoms with E-state index in [9.17, 15) is 9.59 Å². The number of nitrogens with zero attached hydrogens (tertiary/aromatic N) is 2. The molecule has 2 saturated heterocycles. The molecule has 0 spiro atoms. The Morgan fingerprint density at radius 2 is 1.96 bits per heavy atom. The van der Waals surface area contributed by atoms with Gasteiger partial charge in [0.15, 0.2) is 6.61 Å². The van der Waals surface area contributed by atoms with Crippen molar-refractivity contribution in [1.82, 2.24) is 10.2 Å². The molecule has 2 aliphatic heterocycles. The fourth-order valence-corrected chi connectivity index (χ4v) is 3.29. The second-order valence-corrected chi connectivity index (χ2v) is 6.42. The van der Waals surface area contributed by atoms with Crippen LogP contribution in [0, 0.1) is 0 Å². The molecule has 1 aromatic rings. The summed E-state index contributed by atoms with van der Waals surface area (Å²) in [6.45, 7) is 2.74. The van der Waals surface area contributed by atoms with Crippen LogP contribution < -0.4 is 15.0 Å². The van der Waals surface area contributed by atoms with Gasteiger partial charge in [-0.1, -0.05) is 0 Å². The van der Waals surface area contributed by atoms with Crippen LogP contribution in [0.1, 0.15) is 25.7 Å². The molecule has 138 valence electrons. The van der Waals surface area contributed by atoms with Gasteiger partial charge >= 0.3 is 0 Å². The minimum atomic E-state index is 0. The van der Waals surface area contributed by atoms with Crippen LogP contribution in [0.15, 0.2) is 24.3 Å². The largest absolute Gasteiger partial charge is 0.484 e. The summed E-state index contributed by atoms with van der Waals surface area (Å²) in [5, 5.41) is 3.30. The number of anilines is 1. The first-order chi connectivity index (χ1) is 11.6. The molecule has 1 aromatic carbocycles. The van der Waals surface area contributed by atoms with Crippen molar-refractivity contribution >= 4 is 29.9 Å². The molecule has 3 rings (SSSR count). The van der Waals surface area contributed by atoms with E-state index in [1.807, 2.05) is 31.3 Å². The summed E-state index contributed by atoms with van der Waals surface area (Å²) in [7, 11) is 1.85. The first-order valence-corrected chi connectivity index (χ1v) is 8.65. The molecule has 2 aliphatic rings. The van der Waals surface area contributed by atoms with E-state index in [0.29, 0.717) is 18.2 Å². The minimum absolute atomic E-state index is 0. The number of amides is 2. The molecule has 0 aromatic heterocycles. The average Bonchev–Trinajstić information content (AvgIpc) is 3.06. The highest BCUT2D eigenvalue weighted by Gasteiger charge is 2.23. The average molecular weight is 368 g/mol. The maximum absolute atomic E-state index is 12.3. The van der Waals surface area contributed by atoms with E-state index in [1.54, 1.807) is 9.80 Å². The highest BCUT2D eigenvalue weighted by atomic mass is 35.5. The smallest absolute Gasteiger partial charge is 0.260 e. The Hall–Kier alpha value is -1.79. The van der Waals surface area contributed by atoms with Gasteiger partial charge in [0.1, 0.15) is 5.75 Å². The van der Waals surface area contributed by atoms with Crippen molar-refractivity contribution in [2.24, 2.45) is 0 Å². The number of carbonyl (C=O) groups is 2. The normalized spacial score (nSPS) is 18.0. The predicted molar refractivity (Wildman–Crippen MR) is 99.4 cm³/mol. The highest BCUT2D eigenvalue weighted by Crippen LogP contribution is 2.24. The Labute approximate surface area is 154 Å². The van der Waals surface area contributed by atoms with Gasteiger partial charge in [-0.2, -0.15) is 0 Å². The van der Waals surface area contributed by atoms with Gasteiger partial charge in [0.05, 0.1) is 0 Å². The second-order valence-electron chi connectivity index (χ2n) is 6.42. The number of piperidine rings is 1. The van der Waals surface area contributed by atoms with Crippen molar-refractivity contribution < 1.29 is 14.3 Å². The highest BCUT2D eigenvalue weighted by molar-refractivity contribution is 5.95. The molecule has 2 fully saturated rings. The second kappa shape index (κ2) is 9.06. The number of nitrogens with one attached hydrogen (secondary N) is 1. The molecule has 2 amide bonds. The number of carbonyl (C=O) groups excluding carboxylic acids is 2. The lowest BCUT2D eigenvalue weighted by Gasteiger charge is -2.31. The number of likely N-dealkylation sites (N-methyl/N-ethyl adjacent to an activating group) is 1. The van der Waals surface area contributed by atoms with Gasteiger partial charge in [0, 0.05) is 31.7 Å². The molecule has 0 saturated carbocycles. The maximum atomic E-state index is 12.3. The number of halogens is 1. The molecule has 2 heterocycles. The zero-order valence-corrected chi connectivity index (χ0v) is 15.4. The van der Waals surface area contributed by atoms with E-state index in [-0.39, 0.29) is 30.8 Å². The SMILES string of the molecule is CN(C(=O)COc1ccc(N2CCCC2=O)cc1)C1CCNCC1.Cl. The number of ether oxygens (including phenoxy) is 1. The number of hydrogen-bond donors (Lipinski definition) is 1. The Morgan fingerprint density at radius 3 is 2.56 bits per heavy atom. The molecule has 0 atom stereocenters. The van der Waals surface area contributed by atoms with E-state index < -0.39 is 0 Å². The molecule has 7 heteroatoms. The fourth-order valence-electron chi connectivity index (χ4n) is 3.29. The van der Waals surface area contributed by atoms with Crippen LogP contribution in [0.5, 0.6) is 5.75 Å². The van der Waals surface area contributed by atoms with Crippen LogP contribution >= 0.6 is 12.4 Å². The molecule has 0 aliphatic carbocycles. The summed E-state index contributed by atoms with van der Waals surface area (Å²) in [5.74, 6) is 0.820. The summed E-state index contributed by atoms with van der Waals surface area (Å²) in [6.07, 6.45) is 3.51.